The van der Waals surface area contributed by atoms with Crippen LogP contribution >= 0.6 is 0 Å². The van der Waals surface area contributed by atoms with Crippen molar-refractivity contribution in [2.45, 2.75) is 13.8 Å². The number of likely N-dealkylation sites (N-methyl/N-ethyl adjacent to an activating group) is 1. The number of nitrogens with two attached hydrogens (primary N) is 1. The number of pyridine rings is 1. The lowest BCUT2D eigenvalue weighted by Gasteiger charge is -2.21. The number of aromatic nitrogens is 1. The van der Waals surface area contributed by atoms with Crippen LogP contribution in [0.25, 0.3) is 0 Å². The zero-order valence-corrected chi connectivity index (χ0v) is 10.6. The number of anilines is 2. The van der Waals surface area contributed by atoms with E-state index in [9.17, 15) is 10.1 Å². The van der Waals surface area contributed by atoms with Gasteiger partial charge in [-0.25, -0.2) is 4.98 Å². The van der Waals surface area contributed by atoms with Crippen LogP contribution in [0.1, 0.15) is 13.8 Å². The topological polar surface area (TPSA) is 94.5 Å². The Hall–Kier alpha value is -1.89. The monoisotopic (exact) mass is 254 g/mol. The third-order valence-corrected chi connectivity index (χ3v) is 2.44. The molecule has 1 aromatic heterocycles. The Kier molecular flexibility index (Phi) is 5.31. The largest absolute Gasteiger partial charge is 0.383 e. The molecule has 1 heterocycles. The standard InChI is InChI=1S/C11H18N4O3/c1-3-14(5-6-18-4-2)11-8-9(15(16)17)7-10(12)13-11/h7-8H,3-6H2,1-2H3,(H2,12,13). The van der Waals surface area contributed by atoms with Crippen LogP contribution in [0.15, 0.2) is 12.1 Å². The lowest BCUT2D eigenvalue weighted by molar-refractivity contribution is -0.384. The van der Waals surface area contributed by atoms with Crippen molar-refractivity contribution in [1.29, 1.82) is 0 Å². The molecule has 0 atom stereocenters. The Morgan fingerprint density at radius 1 is 1.50 bits per heavy atom. The molecular formula is C11H18N4O3. The number of nitro groups is 1. The second-order valence-electron chi connectivity index (χ2n) is 3.64. The van der Waals surface area contributed by atoms with Crippen molar-refractivity contribution in [3.63, 3.8) is 0 Å². The highest BCUT2D eigenvalue weighted by Crippen LogP contribution is 2.21. The Morgan fingerprint density at radius 3 is 2.78 bits per heavy atom. The fourth-order valence-electron chi connectivity index (χ4n) is 1.54. The zero-order chi connectivity index (χ0) is 13.5. The summed E-state index contributed by atoms with van der Waals surface area (Å²) < 4.78 is 5.26. The molecule has 7 heteroatoms. The third-order valence-electron chi connectivity index (χ3n) is 2.44. The number of rotatable bonds is 7. The molecule has 0 unspecified atom stereocenters. The van der Waals surface area contributed by atoms with Gasteiger partial charge in [0.25, 0.3) is 5.69 Å². The van der Waals surface area contributed by atoms with Crippen molar-refractivity contribution < 1.29 is 9.66 Å². The van der Waals surface area contributed by atoms with E-state index in [1.807, 2.05) is 18.7 Å². The summed E-state index contributed by atoms with van der Waals surface area (Å²) in [5.74, 6) is 0.651. The van der Waals surface area contributed by atoms with Gasteiger partial charge >= 0.3 is 0 Å². The quantitative estimate of drug-likeness (QED) is 0.449. The van der Waals surface area contributed by atoms with Gasteiger partial charge in [0.2, 0.25) is 0 Å². The first-order chi connectivity index (χ1) is 8.58. The highest BCUT2D eigenvalue weighted by molar-refractivity contribution is 5.54. The lowest BCUT2D eigenvalue weighted by Crippen LogP contribution is -2.28. The molecule has 0 saturated carbocycles. The number of nitrogen functional groups attached to an aromatic ring is 1. The first kappa shape index (κ1) is 14.2. The van der Waals surface area contributed by atoms with Gasteiger partial charge in [0.1, 0.15) is 11.6 Å². The summed E-state index contributed by atoms with van der Waals surface area (Å²) in [4.78, 5) is 16.3. The van der Waals surface area contributed by atoms with Crippen molar-refractivity contribution in [2.75, 3.05) is 36.9 Å². The smallest absolute Gasteiger partial charge is 0.276 e. The molecular weight excluding hydrogens is 236 g/mol. The summed E-state index contributed by atoms with van der Waals surface area (Å²) in [7, 11) is 0. The molecule has 1 rings (SSSR count). The van der Waals surface area contributed by atoms with Gasteiger partial charge in [0.05, 0.1) is 23.7 Å². The van der Waals surface area contributed by atoms with Crippen LogP contribution in [-0.4, -0.2) is 36.2 Å². The van der Waals surface area contributed by atoms with E-state index >= 15 is 0 Å². The summed E-state index contributed by atoms with van der Waals surface area (Å²) >= 11 is 0. The molecule has 0 aliphatic carbocycles. The SMILES string of the molecule is CCOCCN(CC)c1cc([N+](=O)[O-])cc(N)n1. The molecule has 0 fully saturated rings. The first-order valence-corrected chi connectivity index (χ1v) is 5.83. The second kappa shape index (κ2) is 6.75. The Bertz CT molecular complexity index is 411. The van der Waals surface area contributed by atoms with Crippen molar-refractivity contribution in [1.82, 2.24) is 4.98 Å². The minimum atomic E-state index is -0.474. The molecule has 7 nitrogen and oxygen atoms in total. The second-order valence-corrected chi connectivity index (χ2v) is 3.64. The van der Waals surface area contributed by atoms with Gasteiger partial charge in [0.15, 0.2) is 0 Å². The van der Waals surface area contributed by atoms with Gasteiger partial charge in [-0.2, -0.15) is 0 Å². The van der Waals surface area contributed by atoms with Crippen LogP contribution in [0, 0.1) is 10.1 Å². The maximum Gasteiger partial charge on any atom is 0.276 e. The molecule has 2 N–H and O–H groups in total. The van der Waals surface area contributed by atoms with Gasteiger partial charge in [0, 0.05) is 19.7 Å². The highest BCUT2D eigenvalue weighted by Gasteiger charge is 2.13. The van der Waals surface area contributed by atoms with E-state index in [0.29, 0.717) is 32.1 Å². The van der Waals surface area contributed by atoms with Crippen molar-refractivity contribution >= 4 is 17.3 Å². The molecule has 0 saturated heterocycles. The van der Waals surface area contributed by atoms with Crippen LogP contribution in [0.3, 0.4) is 0 Å². The number of ether oxygens (including phenoxy) is 1. The van der Waals surface area contributed by atoms with Crippen LogP contribution < -0.4 is 10.6 Å². The van der Waals surface area contributed by atoms with E-state index in [-0.39, 0.29) is 11.5 Å². The normalized spacial score (nSPS) is 10.3. The predicted octanol–water partition coefficient (Wildman–Crippen LogP) is 1.43. The van der Waals surface area contributed by atoms with Crippen LogP contribution in [0.2, 0.25) is 0 Å². The molecule has 0 spiro atoms. The highest BCUT2D eigenvalue weighted by atomic mass is 16.6. The minimum absolute atomic E-state index is 0.0487. The molecule has 18 heavy (non-hydrogen) atoms. The zero-order valence-electron chi connectivity index (χ0n) is 10.6. The van der Waals surface area contributed by atoms with Gasteiger partial charge in [-0.05, 0) is 13.8 Å². The van der Waals surface area contributed by atoms with Crippen molar-refractivity contribution in [2.24, 2.45) is 0 Å². The Labute approximate surface area is 106 Å². The summed E-state index contributed by atoms with van der Waals surface area (Å²) in [5, 5.41) is 10.8. The predicted molar refractivity (Wildman–Crippen MR) is 69.7 cm³/mol. The third kappa shape index (κ3) is 3.85. The lowest BCUT2D eigenvalue weighted by atomic mass is 10.3. The van der Waals surface area contributed by atoms with Crippen LogP contribution in [0.5, 0.6) is 0 Å². The maximum atomic E-state index is 10.8. The van der Waals surface area contributed by atoms with E-state index < -0.39 is 4.92 Å². The molecule has 0 aliphatic heterocycles. The minimum Gasteiger partial charge on any atom is -0.383 e. The Balaban J connectivity index is 2.87. The maximum absolute atomic E-state index is 10.8. The summed E-state index contributed by atoms with van der Waals surface area (Å²) in [6, 6.07) is 2.67. The molecule has 0 aliphatic rings. The van der Waals surface area contributed by atoms with E-state index in [1.54, 1.807) is 0 Å². The average molecular weight is 254 g/mol. The van der Waals surface area contributed by atoms with Gasteiger partial charge in [-0.3, -0.25) is 10.1 Å². The summed E-state index contributed by atoms with van der Waals surface area (Å²) in [5.41, 5.74) is 5.52. The van der Waals surface area contributed by atoms with E-state index in [0.717, 1.165) is 0 Å². The molecule has 1 aromatic rings. The van der Waals surface area contributed by atoms with E-state index in [1.165, 1.54) is 12.1 Å². The summed E-state index contributed by atoms with van der Waals surface area (Å²) in [6.45, 7) is 6.36. The fraction of sp³-hybridized carbons (Fsp3) is 0.545. The van der Waals surface area contributed by atoms with Crippen molar-refractivity contribution in [3.05, 3.63) is 22.2 Å². The fourth-order valence-corrected chi connectivity index (χ4v) is 1.54. The van der Waals surface area contributed by atoms with Crippen LogP contribution in [0.4, 0.5) is 17.3 Å². The van der Waals surface area contributed by atoms with E-state index in [2.05, 4.69) is 4.98 Å². The van der Waals surface area contributed by atoms with Gasteiger partial charge in [-0.15, -0.1) is 0 Å². The van der Waals surface area contributed by atoms with Gasteiger partial charge < -0.3 is 15.4 Å². The molecule has 0 bridgehead atoms. The number of hydrogen-bond acceptors (Lipinski definition) is 6. The van der Waals surface area contributed by atoms with Crippen molar-refractivity contribution in [3.8, 4) is 0 Å². The molecule has 0 aromatic carbocycles. The average Bonchev–Trinajstić information content (AvgIpc) is 2.34. The van der Waals surface area contributed by atoms with Gasteiger partial charge in [-0.1, -0.05) is 0 Å². The molecule has 0 amide bonds. The number of hydrogen-bond donors (Lipinski definition) is 1. The first-order valence-electron chi connectivity index (χ1n) is 5.83. The molecule has 0 radical (unpaired) electrons. The molecule has 100 valence electrons. The van der Waals surface area contributed by atoms with Crippen LogP contribution in [-0.2, 0) is 4.74 Å². The van der Waals surface area contributed by atoms with E-state index in [4.69, 9.17) is 10.5 Å². The summed E-state index contributed by atoms with van der Waals surface area (Å²) in [6.07, 6.45) is 0. The number of nitrogens with zero attached hydrogens (tertiary/aromatic N) is 3. The Morgan fingerprint density at radius 2 is 2.22 bits per heavy atom.